The van der Waals surface area contributed by atoms with E-state index in [0.29, 0.717) is 17.6 Å². The Morgan fingerprint density at radius 2 is 2.05 bits per heavy atom. The van der Waals surface area contributed by atoms with E-state index in [1.807, 2.05) is 0 Å². The fourth-order valence-corrected chi connectivity index (χ4v) is 1.62. The number of nitrogens with two attached hydrogens (primary N) is 1. The Labute approximate surface area is 111 Å². The van der Waals surface area contributed by atoms with Crippen LogP contribution in [0.15, 0.2) is 30.4 Å². The highest BCUT2D eigenvalue weighted by Crippen LogP contribution is 2.37. The molecule has 0 saturated heterocycles. The molecule has 5 heteroatoms. The number of rotatable bonds is 5. The number of alkyl halides is 3. The van der Waals surface area contributed by atoms with E-state index in [9.17, 15) is 13.2 Å². The monoisotopic (exact) mass is 273 g/mol. The fraction of sp³-hybridized carbons (Fsp3) is 0.429. The van der Waals surface area contributed by atoms with Gasteiger partial charge in [-0.2, -0.15) is 13.2 Å². The molecule has 19 heavy (non-hydrogen) atoms. The van der Waals surface area contributed by atoms with Crippen LogP contribution < -0.4 is 10.5 Å². The lowest BCUT2D eigenvalue weighted by Gasteiger charge is -2.16. The van der Waals surface area contributed by atoms with Crippen LogP contribution in [0.4, 0.5) is 13.2 Å². The van der Waals surface area contributed by atoms with Crippen LogP contribution in [0.3, 0.4) is 0 Å². The van der Waals surface area contributed by atoms with Crippen molar-refractivity contribution >= 4 is 0 Å². The Kier molecular flexibility index (Phi) is 5.00. The normalized spacial score (nSPS) is 13.2. The van der Waals surface area contributed by atoms with Crippen molar-refractivity contribution in [2.24, 2.45) is 5.73 Å². The van der Waals surface area contributed by atoms with Gasteiger partial charge in [-0.25, -0.2) is 0 Å². The van der Waals surface area contributed by atoms with Crippen molar-refractivity contribution in [3.05, 3.63) is 41.5 Å². The number of ether oxygens (including phenoxy) is 1. The van der Waals surface area contributed by atoms with Gasteiger partial charge < -0.3 is 10.5 Å². The summed E-state index contributed by atoms with van der Waals surface area (Å²) in [5.41, 5.74) is 6.03. The van der Waals surface area contributed by atoms with E-state index in [4.69, 9.17) is 10.5 Å². The fourth-order valence-electron chi connectivity index (χ4n) is 1.62. The molecule has 106 valence electrons. The zero-order valence-corrected chi connectivity index (χ0v) is 11.1. The second-order valence-corrected chi connectivity index (χ2v) is 4.76. The van der Waals surface area contributed by atoms with Gasteiger partial charge in [0.15, 0.2) is 0 Å². The van der Waals surface area contributed by atoms with Gasteiger partial charge in [0.25, 0.3) is 0 Å². The molecule has 1 aromatic carbocycles. The van der Waals surface area contributed by atoms with Crippen LogP contribution in [0.5, 0.6) is 5.75 Å². The minimum absolute atomic E-state index is 0.0652. The molecule has 1 unspecified atom stereocenters. The van der Waals surface area contributed by atoms with E-state index in [1.165, 1.54) is 6.07 Å². The molecule has 0 spiro atoms. The summed E-state index contributed by atoms with van der Waals surface area (Å²) in [6, 6.07) is 3.84. The summed E-state index contributed by atoms with van der Waals surface area (Å²) >= 11 is 0. The lowest BCUT2D eigenvalue weighted by atomic mass is 10.0. The summed E-state index contributed by atoms with van der Waals surface area (Å²) in [6.07, 6.45) is -4.05. The average molecular weight is 273 g/mol. The van der Waals surface area contributed by atoms with Crippen LogP contribution in [0.2, 0.25) is 0 Å². The van der Waals surface area contributed by atoms with Crippen LogP contribution in [0.1, 0.15) is 25.0 Å². The highest BCUT2D eigenvalue weighted by molar-refractivity contribution is 5.39. The molecular formula is C14H18F3NO. The van der Waals surface area contributed by atoms with E-state index >= 15 is 0 Å². The van der Waals surface area contributed by atoms with Gasteiger partial charge in [0.2, 0.25) is 0 Å². The highest BCUT2D eigenvalue weighted by Gasteiger charge is 2.34. The summed E-state index contributed by atoms with van der Waals surface area (Å²) in [7, 11) is 0. The quantitative estimate of drug-likeness (QED) is 0.833. The zero-order chi connectivity index (χ0) is 14.6. The molecular weight excluding hydrogens is 255 g/mol. The van der Waals surface area contributed by atoms with Crippen molar-refractivity contribution in [3.63, 3.8) is 0 Å². The van der Waals surface area contributed by atoms with Crippen molar-refractivity contribution in [2.45, 2.75) is 32.5 Å². The summed E-state index contributed by atoms with van der Waals surface area (Å²) in [5, 5.41) is 0. The van der Waals surface area contributed by atoms with Crippen molar-refractivity contribution in [1.29, 1.82) is 0 Å². The molecule has 0 aliphatic rings. The van der Waals surface area contributed by atoms with Crippen LogP contribution in [-0.4, -0.2) is 12.6 Å². The van der Waals surface area contributed by atoms with Crippen LogP contribution >= 0.6 is 0 Å². The largest absolute Gasteiger partial charge is 0.489 e. The maximum atomic E-state index is 13.0. The summed E-state index contributed by atoms with van der Waals surface area (Å²) in [4.78, 5) is 0. The minimum Gasteiger partial charge on any atom is -0.489 e. The smallest absolute Gasteiger partial charge is 0.419 e. The second-order valence-electron chi connectivity index (χ2n) is 4.76. The summed E-state index contributed by atoms with van der Waals surface area (Å²) in [5.74, 6) is -0.177. The molecule has 0 aliphatic heterocycles. The van der Waals surface area contributed by atoms with Gasteiger partial charge in [-0.05, 0) is 43.5 Å². The second kappa shape index (κ2) is 6.10. The minimum atomic E-state index is -4.45. The topological polar surface area (TPSA) is 35.2 Å². The summed E-state index contributed by atoms with van der Waals surface area (Å²) < 4.78 is 44.0. The summed E-state index contributed by atoms with van der Waals surface area (Å²) in [6.45, 7) is 7.10. The Bertz CT molecular complexity index is 452. The Morgan fingerprint density at radius 3 is 2.53 bits per heavy atom. The first kappa shape index (κ1) is 15.6. The third-order valence-electron chi connectivity index (χ3n) is 2.38. The van der Waals surface area contributed by atoms with Crippen molar-refractivity contribution in [3.8, 4) is 5.75 Å². The van der Waals surface area contributed by atoms with Gasteiger partial charge in [0, 0.05) is 6.04 Å². The van der Waals surface area contributed by atoms with Crippen molar-refractivity contribution in [1.82, 2.24) is 0 Å². The third kappa shape index (κ3) is 4.95. The lowest BCUT2D eigenvalue weighted by Crippen LogP contribution is -2.18. The first-order valence-electron chi connectivity index (χ1n) is 5.93. The number of hydrogen-bond donors (Lipinski definition) is 1. The lowest BCUT2D eigenvalue weighted by molar-refractivity contribution is -0.138. The molecule has 0 saturated carbocycles. The van der Waals surface area contributed by atoms with E-state index in [2.05, 4.69) is 6.58 Å². The van der Waals surface area contributed by atoms with Gasteiger partial charge in [-0.1, -0.05) is 12.6 Å². The maximum Gasteiger partial charge on any atom is 0.419 e. The Hall–Kier alpha value is -1.49. The molecule has 0 bridgehead atoms. The number of halogens is 3. The molecule has 1 aromatic rings. The third-order valence-corrected chi connectivity index (χ3v) is 2.38. The molecule has 0 aliphatic carbocycles. The first-order valence-corrected chi connectivity index (χ1v) is 5.93. The molecule has 1 atom stereocenters. The first-order chi connectivity index (χ1) is 8.70. The van der Waals surface area contributed by atoms with Crippen LogP contribution in [0.25, 0.3) is 0 Å². The Morgan fingerprint density at radius 1 is 1.42 bits per heavy atom. The molecule has 0 fully saturated rings. The van der Waals surface area contributed by atoms with E-state index in [-0.39, 0.29) is 18.4 Å². The molecule has 0 radical (unpaired) electrons. The number of benzene rings is 1. The van der Waals surface area contributed by atoms with Crippen molar-refractivity contribution in [2.75, 3.05) is 6.61 Å². The molecule has 0 amide bonds. The van der Waals surface area contributed by atoms with Gasteiger partial charge in [0.1, 0.15) is 12.4 Å². The van der Waals surface area contributed by atoms with E-state index in [1.54, 1.807) is 19.9 Å². The van der Waals surface area contributed by atoms with Crippen LogP contribution in [-0.2, 0) is 12.6 Å². The molecule has 0 heterocycles. The maximum absolute atomic E-state index is 13.0. The SMILES string of the molecule is C=C(C)COc1ccc(CC(C)N)cc1C(F)(F)F. The Balaban J connectivity index is 3.06. The number of hydrogen-bond acceptors (Lipinski definition) is 2. The standard InChI is InChI=1S/C14H18F3NO/c1-9(2)8-19-13-5-4-11(6-10(3)18)7-12(13)14(15,16)17/h4-5,7,10H,1,6,8,18H2,2-3H3. The molecule has 2 N–H and O–H groups in total. The van der Waals surface area contributed by atoms with Gasteiger partial charge >= 0.3 is 6.18 Å². The zero-order valence-electron chi connectivity index (χ0n) is 11.1. The van der Waals surface area contributed by atoms with Crippen LogP contribution in [0, 0.1) is 0 Å². The van der Waals surface area contributed by atoms with Gasteiger partial charge in [0.05, 0.1) is 5.56 Å². The average Bonchev–Trinajstić information content (AvgIpc) is 2.25. The van der Waals surface area contributed by atoms with Gasteiger partial charge in [-0.15, -0.1) is 0 Å². The predicted octanol–water partition coefficient (Wildman–Crippen LogP) is 3.55. The highest BCUT2D eigenvalue weighted by atomic mass is 19.4. The molecule has 1 rings (SSSR count). The van der Waals surface area contributed by atoms with E-state index < -0.39 is 11.7 Å². The molecule has 0 aromatic heterocycles. The predicted molar refractivity (Wildman–Crippen MR) is 69.1 cm³/mol. The van der Waals surface area contributed by atoms with E-state index in [0.717, 1.165) is 6.07 Å². The molecule has 2 nitrogen and oxygen atoms in total. The van der Waals surface area contributed by atoms with Crippen molar-refractivity contribution < 1.29 is 17.9 Å². The van der Waals surface area contributed by atoms with Gasteiger partial charge in [-0.3, -0.25) is 0 Å².